The van der Waals surface area contributed by atoms with E-state index < -0.39 is 28.7 Å². The van der Waals surface area contributed by atoms with Crippen molar-refractivity contribution in [3.05, 3.63) is 71.9 Å². The van der Waals surface area contributed by atoms with Crippen molar-refractivity contribution in [3.8, 4) is 5.69 Å². The van der Waals surface area contributed by atoms with Crippen LogP contribution in [0, 0.1) is 12.7 Å². The fraction of sp³-hybridized carbons (Fsp3) is 0.407. The van der Waals surface area contributed by atoms with Gasteiger partial charge < -0.3 is 4.74 Å². The Labute approximate surface area is 235 Å². The molecule has 1 saturated heterocycles. The van der Waals surface area contributed by atoms with Gasteiger partial charge >= 0.3 is 6.18 Å². The second-order valence-corrected chi connectivity index (χ2v) is 12.0. The molecule has 1 aliphatic rings. The highest BCUT2D eigenvalue weighted by Crippen LogP contribution is 2.34. The van der Waals surface area contributed by atoms with Gasteiger partial charge in [0.25, 0.3) is 0 Å². The van der Waals surface area contributed by atoms with E-state index in [0.717, 1.165) is 16.5 Å². The molecule has 5 rings (SSSR count). The SMILES string of the molecule is COCCn1cc(S(=O)(=O)N2CCN(CCC(F)(F)F)C(c3cc4cnn(-c5ccc(F)cc5)c4cc3C)C2)cn1. The first-order valence-corrected chi connectivity index (χ1v) is 14.5. The summed E-state index contributed by atoms with van der Waals surface area (Å²) in [6.45, 7) is 2.47. The van der Waals surface area contributed by atoms with Gasteiger partial charge in [-0.3, -0.25) is 9.58 Å². The van der Waals surface area contributed by atoms with Crippen LogP contribution in [0.2, 0.25) is 0 Å². The smallest absolute Gasteiger partial charge is 0.383 e. The standard InChI is InChI=1S/C27H30F4N6O3S/c1-19-13-25-20(15-33-37(25)22-5-3-21(28)4-6-22)14-24(19)26-18-36(10-9-34(26)8-7-27(29,30)31)41(38,39)23-16-32-35(17-23)11-12-40-2/h3-6,13-17,26H,7-12,18H2,1-2H3. The lowest BCUT2D eigenvalue weighted by Gasteiger charge is -2.41. The Bertz CT molecular complexity index is 1620. The second-order valence-electron chi connectivity index (χ2n) is 10.0. The van der Waals surface area contributed by atoms with Gasteiger partial charge in [0.1, 0.15) is 10.7 Å². The number of nitrogens with zero attached hydrogens (tertiary/aromatic N) is 6. The molecule has 0 N–H and O–H groups in total. The molecule has 1 fully saturated rings. The fourth-order valence-corrected chi connectivity index (χ4v) is 6.52. The van der Waals surface area contributed by atoms with Crippen molar-refractivity contribution in [2.75, 3.05) is 39.9 Å². The van der Waals surface area contributed by atoms with Crippen LogP contribution in [0.4, 0.5) is 17.6 Å². The predicted octanol–water partition coefficient (Wildman–Crippen LogP) is 4.32. The molecule has 0 amide bonds. The number of piperazine rings is 1. The number of halogens is 4. The predicted molar refractivity (Wildman–Crippen MR) is 144 cm³/mol. The molecule has 1 aliphatic heterocycles. The molecular weight excluding hydrogens is 564 g/mol. The van der Waals surface area contributed by atoms with Crippen LogP contribution in [-0.4, -0.2) is 83.3 Å². The fourth-order valence-electron chi connectivity index (χ4n) is 5.12. The average molecular weight is 595 g/mol. The summed E-state index contributed by atoms with van der Waals surface area (Å²) in [5, 5.41) is 9.27. The van der Waals surface area contributed by atoms with Gasteiger partial charge in [0.2, 0.25) is 10.0 Å². The molecule has 0 aliphatic carbocycles. The molecule has 2 aromatic heterocycles. The van der Waals surface area contributed by atoms with E-state index >= 15 is 0 Å². The lowest BCUT2D eigenvalue weighted by atomic mass is 9.96. The lowest BCUT2D eigenvalue weighted by molar-refractivity contribution is -0.140. The monoisotopic (exact) mass is 594 g/mol. The molecule has 220 valence electrons. The summed E-state index contributed by atoms with van der Waals surface area (Å²) >= 11 is 0. The van der Waals surface area contributed by atoms with Crippen molar-refractivity contribution in [2.45, 2.75) is 37.0 Å². The van der Waals surface area contributed by atoms with Gasteiger partial charge in [-0.2, -0.15) is 27.7 Å². The minimum absolute atomic E-state index is 0.0174. The summed E-state index contributed by atoms with van der Waals surface area (Å²) in [6.07, 6.45) is -1.02. The van der Waals surface area contributed by atoms with Crippen molar-refractivity contribution < 1.29 is 30.7 Å². The number of rotatable bonds is 9. The molecule has 0 radical (unpaired) electrons. The first-order chi connectivity index (χ1) is 19.5. The summed E-state index contributed by atoms with van der Waals surface area (Å²) in [5.41, 5.74) is 2.88. The third kappa shape index (κ3) is 6.30. The maximum Gasteiger partial charge on any atom is 0.390 e. The number of ether oxygens (including phenoxy) is 1. The highest BCUT2D eigenvalue weighted by Gasteiger charge is 2.38. The number of aromatic nitrogens is 4. The van der Waals surface area contributed by atoms with E-state index in [-0.39, 0.29) is 36.9 Å². The molecule has 4 aromatic rings. The normalized spacial score (nSPS) is 17.5. The molecule has 1 unspecified atom stereocenters. The largest absolute Gasteiger partial charge is 0.390 e. The minimum Gasteiger partial charge on any atom is -0.383 e. The van der Waals surface area contributed by atoms with Crippen molar-refractivity contribution >= 4 is 20.9 Å². The minimum atomic E-state index is -4.35. The topological polar surface area (TPSA) is 85.5 Å². The Kier molecular flexibility index (Phi) is 8.19. The Hall–Kier alpha value is -3.33. The van der Waals surface area contributed by atoms with Crippen molar-refractivity contribution in [2.24, 2.45) is 0 Å². The zero-order valence-electron chi connectivity index (χ0n) is 22.6. The van der Waals surface area contributed by atoms with Gasteiger partial charge in [-0.1, -0.05) is 0 Å². The third-order valence-corrected chi connectivity index (χ3v) is 9.11. The van der Waals surface area contributed by atoms with Crippen molar-refractivity contribution in [3.63, 3.8) is 0 Å². The first kappa shape index (κ1) is 29.2. The summed E-state index contributed by atoms with van der Waals surface area (Å²) < 4.78 is 89.7. The van der Waals surface area contributed by atoms with Crippen LogP contribution < -0.4 is 0 Å². The Morgan fingerprint density at radius 3 is 2.51 bits per heavy atom. The number of alkyl halides is 3. The highest BCUT2D eigenvalue weighted by atomic mass is 32.2. The highest BCUT2D eigenvalue weighted by molar-refractivity contribution is 7.89. The number of fused-ring (bicyclic) bond motifs is 1. The molecule has 3 heterocycles. The van der Waals surface area contributed by atoms with Crippen LogP contribution >= 0.6 is 0 Å². The van der Waals surface area contributed by atoms with Crippen LogP contribution in [0.5, 0.6) is 0 Å². The van der Waals surface area contributed by atoms with Gasteiger partial charge in [-0.15, -0.1) is 0 Å². The molecule has 1 atom stereocenters. The van der Waals surface area contributed by atoms with Crippen LogP contribution in [0.1, 0.15) is 23.6 Å². The zero-order chi connectivity index (χ0) is 29.4. The van der Waals surface area contributed by atoms with Gasteiger partial charge in [-0.05, 0) is 54.4 Å². The molecule has 0 bridgehead atoms. The number of aryl methyl sites for hydroxylation is 1. The van der Waals surface area contributed by atoms with E-state index in [0.29, 0.717) is 24.4 Å². The molecule has 9 nitrogen and oxygen atoms in total. The quantitative estimate of drug-likeness (QED) is 0.269. The maximum atomic E-state index is 13.6. The van der Waals surface area contributed by atoms with E-state index in [1.54, 1.807) is 27.9 Å². The summed E-state index contributed by atoms with van der Waals surface area (Å²) in [7, 11) is -2.42. The van der Waals surface area contributed by atoms with E-state index in [1.165, 1.54) is 40.6 Å². The zero-order valence-corrected chi connectivity index (χ0v) is 23.4. The average Bonchev–Trinajstić information content (AvgIpc) is 3.58. The molecule has 0 spiro atoms. The van der Waals surface area contributed by atoms with Crippen LogP contribution in [0.25, 0.3) is 16.6 Å². The van der Waals surface area contributed by atoms with Crippen LogP contribution in [0.3, 0.4) is 0 Å². The van der Waals surface area contributed by atoms with E-state index in [1.807, 2.05) is 19.1 Å². The summed E-state index contributed by atoms with van der Waals surface area (Å²) in [4.78, 5) is 1.71. The third-order valence-electron chi connectivity index (χ3n) is 7.29. The Morgan fingerprint density at radius 1 is 1.05 bits per heavy atom. The lowest BCUT2D eigenvalue weighted by Crippen LogP contribution is -2.51. The molecule has 2 aromatic carbocycles. The molecule has 41 heavy (non-hydrogen) atoms. The van der Waals surface area contributed by atoms with E-state index in [4.69, 9.17) is 4.74 Å². The molecule has 14 heteroatoms. The Morgan fingerprint density at radius 2 is 1.80 bits per heavy atom. The van der Waals surface area contributed by atoms with Gasteiger partial charge in [0.15, 0.2) is 0 Å². The number of methoxy groups -OCH3 is 1. The summed E-state index contributed by atoms with van der Waals surface area (Å²) in [5.74, 6) is -0.373. The number of sulfonamides is 1. The molecular formula is C27H30F4N6O3S. The number of hydrogen-bond donors (Lipinski definition) is 0. The Balaban J connectivity index is 1.48. The van der Waals surface area contributed by atoms with Crippen LogP contribution in [0.15, 0.2) is 59.9 Å². The van der Waals surface area contributed by atoms with Gasteiger partial charge in [0, 0.05) is 50.9 Å². The van der Waals surface area contributed by atoms with Gasteiger partial charge in [-0.25, -0.2) is 17.5 Å². The van der Waals surface area contributed by atoms with Gasteiger partial charge in [0.05, 0.1) is 43.2 Å². The first-order valence-electron chi connectivity index (χ1n) is 13.0. The summed E-state index contributed by atoms with van der Waals surface area (Å²) in [6, 6.07) is 8.97. The number of benzene rings is 2. The number of hydrogen-bond acceptors (Lipinski definition) is 6. The van der Waals surface area contributed by atoms with E-state index in [9.17, 15) is 26.0 Å². The van der Waals surface area contributed by atoms with Crippen molar-refractivity contribution in [1.82, 2.24) is 28.8 Å². The van der Waals surface area contributed by atoms with Crippen LogP contribution in [-0.2, 0) is 21.3 Å². The maximum absolute atomic E-state index is 13.6. The van der Waals surface area contributed by atoms with E-state index in [2.05, 4.69) is 10.2 Å². The second kappa shape index (κ2) is 11.5. The van der Waals surface area contributed by atoms with Crippen molar-refractivity contribution in [1.29, 1.82) is 0 Å². The molecule has 0 saturated carbocycles.